The van der Waals surface area contributed by atoms with Crippen molar-refractivity contribution < 1.29 is 9.53 Å². The number of hydrogen-bond acceptors (Lipinski definition) is 3. The molecule has 20 heavy (non-hydrogen) atoms. The molecule has 2 N–H and O–H groups in total. The molecule has 1 fully saturated rings. The summed E-state index contributed by atoms with van der Waals surface area (Å²) in [4.78, 5) is 14.6. The summed E-state index contributed by atoms with van der Waals surface area (Å²) >= 11 is 0. The highest BCUT2D eigenvalue weighted by atomic mass is 16.5. The van der Waals surface area contributed by atoms with Crippen molar-refractivity contribution in [3.05, 3.63) is 23.8 Å². The van der Waals surface area contributed by atoms with Crippen LogP contribution in [0.2, 0.25) is 0 Å². The topological polar surface area (TPSA) is 55.6 Å². The number of piperidine rings is 1. The van der Waals surface area contributed by atoms with E-state index in [2.05, 4.69) is 6.92 Å². The first-order valence-electron chi connectivity index (χ1n) is 7.47. The van der Waals surface area contributed by atoms with Gasteiger partial charge in [-0.2, -0.15) is 0 Å². The Morgan fingerprint density at radius 2 is 2.05 bits per heavy atom. The van der Waals surface area contributed by atoms with Gasteiger partial charge in [0.25, 0.3) is 5.91 Å². The van der Waals surface area contributed by atoms with Gasteiger partial charge in [0.15, 0.2) is 0 Å². The SMILES string of the molecule is CCOc1cccc(N)c1C(=O)N1CCC(CC)CC1. The third-order valence-electron chi connectivity index (χ3n) is 4.05. The van der Waals surface area contributed by atoms with Crippen molar-refractivity contribution in [3.63, 3.8) is 0 Å². The maximum Gasteiger partial charge on any atom is 0.259 e. The van der Waals surface area contributed by atoms with E-state index in [1.165, 1.54) is 6.42 Å². The van der Waals surface area contributed by atoms with Gasteiger partial charge in [0, 0.05) is 18.8 Å². The fourth-order valence-corrected chi connectivity index (χ4v) is 2.76. The molecule has 2 rings (SSSR count). The van der Waals surface area contributed by atoms with Crippen LogP contribution < -0.4 is 10.5 Å². The second-order valence-corrected chi connectivity index (χ2v) is 5.30. The van der Waals surface area contributed by atoms with E-state index in [9.17, 15) is 4.79 Å². The fraction of sp³-hybridized carbons (Fsp3) is 0.562. The Bertz CT molecular complexity index is 466. The van der Waals surface area contributed by atoms with Crippen molar-refractivity contribution in [1.82, 2.24) is 4.90 Å². The molecule has 0 bridgehead atoms. The Kier molecular flexibility index (Phi) is 4.88. The molecule has 1 amide bonds. The van der Waals surface area contributed by atoms with Crippen LogP contribution in [-0.4, -0.2) is 30.5 Å². The van der Waals surface area contributed by atoms with E-state index in [1.807, 2.05) is 24.0 Å². The predicted octanol–water partition coefficient (Wildman–Crippen LogP) is 2.93. The minimum absolute atomic E-state index is 0.00102. The molecule has 1 aliphatic heterocycles. The van der Waals surface area contributed by atoms with Gasteiger partial charge in [0.2, 0.25) is 0 Å². The van der Waals surface area contributed by atoms with Crippen molar-refractivity contribution in [3.8, 4) is 5.75 Å². The largest absolute Gasteiger partial charge is 0.493 e. The summed E-state index contributed by atoms with van der Waals surface area (Å²) < 4.78 is 5.54. The highest BCUT2D eigenvalue weighted by Gasteiger charge is 2.26. The maximum absolute atomic E-state index is 12.7. The molecule has 0 saturated carbocycles. The average molecular weight is 276 g/mol. The summed E-state index contributed by atoms with van der Waals surface area (Å²) in [7, 11) is 0. The molecule has 0 atom stereocenters. The summed E-state index contributed by atoms with van der Waals surface area (Å²) in [6.45, 7) is 6.28. The molecule has 1 heterocycles. The smallest absolute Gasteiger partial charge is 0.259 e. The number of ether oxygens (including phenoxy) is 1. The van der Waals surface area contributed by atoms with Gasteiger partial charge in [-0.1, -0.05) is 19.4 Å². The number of carbonyl (C=O) groups excluding carboxylic acids is 1. The molecule has 0 aliphatic carbocycles. The zero-order valence-corrected chi connectivity index (χ0v) is 12.4. The van der Waals surface area contributed by atoms with Crippen LogP contribution in [0.1, 0.15) is 43.5 Å². The van der Waals surface area contributed by atoms with Crippen LogP contribution in [0, 0.1) is 5.92 Å². The first-order chi connectivity index (χ1) is 9.67. The van der Waals surface area contributed by atoms with E-state index >= 15 is 0 Å². The lowest BCUT2D eigenvalue weighted by Gasteiger charge is -2.32. The van der Waals surface area contributed by atoms with Crippen LogP contribution in [-0.2, 0) is 0 Å². The fourth-order valence-electron chi connectivity index (χ4n) is 2.76. The van der Waals surface area contributed by atoms with Gasteiger partial charge in [-0.25, -0.2) is 0 Å². The molecule has 1 aromatic carbocycles. The molecule has 4 heteroatoms. The van der Waals surface area contributed by atoms with Crippen LogP contribution in [0.4, 0.5) is 5.69 Å². The van der Waals surface area contributed by atoms with E-state index in [0.717, 1.165) is 31.8 Å². The highest BCUT2D eigenvalue weighted by molar-refractivity contribution is 6.01. The summed E-state index contributed by atoms with van der Waals surface area (Å²) in [5.41, 5.74) is 7.00. The Labute approximate surface area is 120 Å². The molecule has 0 spiro atoms. The van der Waals surface area contributed by atoms with Crippen molar-refractivity contribution in [2.75, 3.05) is 25.4 Å². The van der Waals surface area contributed by atoms with Gasteiger partial charge in [-0.3, -0.25) is 4.79 Å². The average Bonchev–Trinajstić information content (AvgIpc) is 2.47. The molecule has 4 nitrogen and oxygen atoms in total. The Morgan fingerprint density at radius 1 is 1.35 bits per heavy atom. The number of carbonyl (C=O) groups is 1. The lowest BCUT2D eigenvalue weighted by atomic mass is 9.94. The van der Waals surface area contributed by atoms with Crippen LogP contribution in [0.25, 0.3) is 0 Å². The number of nitrogen functional groups attached to an aromatic ring is 1. The monoisotopic (exact) mass is 276 g/mol. The minimum Gasteiger partial charge on any atom is -0.493 e. The number of hydrogen-bond donors (Lipinski definition) is 1. The molecule has 1 saturated heterocycles. The quantitative estimate of drug-likeness (QED) is 0.860. The number of nitrogens with two attached hydrogens (primary N) is 1. The Hall–Kier alpha value is -1.71. The van der Waals surface area contributed by atoms with Gasteiger partial charge in [-0.15, -0.1) is 0 Å². The second-order valence-electron chi connectivity index (χ2n) is 5.30. The van der Waals surface area contributed by atoms with E-state index < -0.39 is 0 Å². The van der Waals surface area contributed by atoms with E-state index in [1.54, 1.807) is 6.07 Å². The van der Waals surface area contributed by atoms with Gasteiger partial charge in [-0.05, 0) is 37.8 Å². The standard InChI is InChI=1S/C16H24N2O2/c1-3-12-8-10-18(11-9-12)16(19)15-13(17)6-5-7-14(15)20-4-2/h5-7,12H,3-4,8-11,17H2,1-2H3. The highest BCUT2D eigenvalue weighted by Crippen LogP contribution is 2.28. The summed E-state index contributed by atoms with van der Waals surface area (Å²) in [5, 5.41) is 0. The van der Waals surface area contributed by atoms with Gasteiger partial charge in [0.05, 0.1) is 6.61 Å². The minimum atomic E-state index is 0.00102. The van der Waals surface area contributed by atoms with Crippen LogP contribution in [0.3, 0.4) is 0 Å². The Morgan fingerprint density at radius 3 is 2.65 bits per heavy atom. The zero-order valence-electron chi connectivity index (χ0n) is 12.4. The summed E-state index contributed by atoms with van der Waals surface area (Å²) in [5.74, 6) is 1.34. The second kappa shape index (κ2) is 6.64. The number of anilines is 1. The van der Waals surface area contributed by atoms with E-state index in [4.69, 9.17) is 10.5 Å². The summed E-state index contributed by atoms with van der Waals surface area (Å²) in [6.07, 6.45) is 3.36. The number of rotatable bonds is 4. The summed E-state index contributed by atoms with van der Waals surface area (Å²) in [6, 6.07) is 5.39. The number of likely N-dealkylation sites (tertiary alicyclic amines) is 1. The number of nitrogens with zero attached hydrogens (tertiary/aromatic N) is 1. The maximum atomic E-state index is 12.7. The molecule has 0 aromatic heterocycles. The molecule has 0 unspecified atom stereocenters. The molecule has 1 aliphatic rings. The van der Waals surface area contributed by atoms with Crippen LogP contribution in [0.15, 0.2) is 18.2 Å². The van der Waals surface area contributed by atoms with Crippen molar-refractivity contribution >= 4 is 11.6 Å². The van der Waals surface area contributed by atoms with E-state index in [0.29, 0.717) is 23.6 Å². The lowest BCUT2D eigenvalue weighted by Crippen LogP contribution is -2.38. The first-order valence-corrected chi connectivity index (χ1v) is 7.47. The predicted molar refractivity (Wildman–Crippen MR) is 80.9 cm³/mol. The van der Waals surface area contributed by atoms with Crippen LogP contribution >= 0.6 is 0 Å². The Balaban J connectivity index is 2.17. The third-order valence-corrected chi connectivity index (χ3v) is 4.05. The molecular formula is C16H24N2O2. The first kappa shape index (κ1) is 14.7. The molecule has 0 radical (unpaired) electrons. The van der Waals surface area contributed by atoms with Gasteiger partial charge < -0.3 is 15.4 Å². The number of benzene rings is 1. The molecule has 1 aromatic rings. The number of amides is 1. The van der Waals surface area contributed by atoms with Gasteiger partial charge >= 0.3 is 0 Å². The van der Waals surface area contributed by atoms with Crippen molar-refractivity contribution in [1.29, 1.82) is 0 Å². The van der Waals surface area contributed by atoms with Gasteiger partial charge in [0.1, 0.15) is 11.3 Å². The molecule has 110 valence electrons. The van der Waals surface area contributed by atoms with Crippen LogP contribution in [0.5, 0.6) is 5.75 Å². The zero-order chi connectivity index (χ0) is 14.5. The van der Waals surface area contributed by atoms with Crippen molar-refractivity contribution in [2.45, 2.75) is 33.1 Å². The van der Waals surface area contributed by atoms with E-state index in [-0.39, 0.29) is 5.91 Å². The van der Waals surface area contributed by atoms with Crippen molar-refractivity contribution in [2.24, 2.45) is 5.92 Å². The lowest BCUT2D eigenvalue weighted by molar-refractivity contribution is 0.0686. The normalized spacial score (nSPS) is 16.2. The third kappa shape index (κ3) is 3.06. The molecular weight excluding hydrogens is 252 g/mol.